The van der Waals surface area contributed by atoms with Crippen LogP contribution in [0, 0.1) is 19.7 Å². The number of carbonyl (C=O) groups excluding carboxylic acids is 1. The number of hydrogen-bond acceptors (Lipinski definition) is 2. The van der Waals surface area contributed by atoms with E-state index >= 15 is 0 Å². The summed E-state index contributed by atoms with van der Waals surface area (Å²) in [5, 5.41) is 0. The number of carbonyl (C=O) groups is 1. The van der Waals surface area contributed by atoms with Gasteiger partial charge in [0.15, 0.2) is 5.78 Å². The van der Waals surface area contributed by atoms with Gasteiger partial charge in [-0.05, 0) is 44.2 Å². The highest BCUT2D eigenvalue weighted by Gasteiger charge is 2.09. The second kappa shape index (κ2) is 6.53. The van der Waals surface area contributed by atoms with E-state index in [1.165, 1.54) is 12.1 Å². The van der Waals surface area contributed by atoms with Crippen LogP contribution in [-0.4, -0.2) is 19.4 Å². The standard InChI is InChI=1S/C18H20FNO/c1-13-9-14(2)11-15(10-13)18(21)7-8-20(3)17-6-4-5-16(19)12-17/h4-6,9-12H,7-8H2,1-3H3. The van der Waals surface area contributed by atoms with Crippen LogP contribution < -0.4 is 4.90 Å². The van der Waals surface area contributed by atoms with Crippen molar-refractivity contribution in [1.29, 1.82) is 0 Å². The molecule has 0 aliphatic carbocycles. The second-order valence-corrected chi connectivity index (χ2v) is 5.45. The number of nitrogens with zero attached hydrogens (tertiary/aromatic N) is 1. The van der Waals surface area contributed by atoms with Crippen LogP contribution in [0.4, 0.5) is 10.1 Å². The highest BCUT2D eigenvalue weighted by Crippen LogP contribution is 2.15. The topological polar surface area (TPSA) is 20.3 Å². The summed E-state index contributed by atoms with van der Waals surface area (Å²) in [5.74, 6) is -0.148. The Hall–Kier alpha value is -2.16. The number of benzene rings is 2. The lowest BCUT2D eigenvalue weighted by Gasteiger charge is -2.19. The zero-order valence-electron chi connectivity index (χ0n) is 12.7. The largest absolute Gasteiger partial charge is 0.374 e. The number of Topliss-reactive ketones (excluding diaryl/α,β-unsaturated/α-hetero) is 1. The van der Waals surface area contributed by atoms with Crippen molar-refractivity contribution in [1.82, 2.24) is 0 Å². The van der Waals surface area contributed by atoms with E-state index in [1.807, 2.05) is 44.0 Å². The summed E-state index contributed by atoms with van der Waals surface area (Å²) < 4.78 is 13.2. The van der Waals surface area contributed by atoms with Crippen LogP contribution in [0.25, 0.3) is 0 Å². The van der Waals surface area contributed by atoms with Crippen molar-refractivity contribution in [3.8, 4) is 0 Å². The SMILES string of the molecule is Cc1cc(C)cc(C(=O)CCN(C)c2cccc(F)c2)c1. The third-order valence-electron chi connectivity index (χ3n) is 3.47. The van der Waals surface area contributed by atoms with Crippen molar-refractivity contribution in [2.24, 2.45) is 0 Å². The number of halogens is 1. The molecule has 0 aromatic heterocycles. The average molecular weight is 285 g/mol. The van der Waals surface area contributed by atoms with E-state index in [-0.39, 0.29) is 11.6 Å². The van der Waals surface area contributed by atoms with E-state index in [9.17, 15) is 9.18 Å². The van der Waals surface area contributed by atoms with Gasteiger partial charge in [-0.15, -0.1) is 0 Å². The average Bonchev–Trinajstić information content (AvgIpc) is 2.43. The van der Waals surface area contributed by atoms with E-state index in [1.54, 1.807) is 6.07 Å². The van der Waals surface area contributed by atoms with Gasteiger partial charge in [-0.2, -0.15) is 0 Å². The minimum absolute atomic E-state index is 0.116. The van der Waals surface area contributed by atoms with Crippen molar-refractivity contribution in [3.05, 3.63) is 65.0 Å². The molecule has 0 N–H and O–H groups in total. The predicted octanol–water partition coefficient (Wildman–Crippen LogP) is 4.15. The first-order valence-electron chi connectivity index (χ1n) is 7.04. The van der Waals surface area contributed by atoms with E-state index in [2.05, 4.69) is 6.07 Å². The fraction of sp³-hybridized carbons (Fsp3) is 0.278. The quantitative estimate of drug-likeness (QED) is 0.769. The molecule has 0 aliphatic rings. The van der Waals surface area contributed by atoms with Crippen LogP contribution in [0.3, 0.4) is 0 Å². The van der Waals surface area contributed by atoms with Crippen LogP contribution in [0.5, 0.6) is 0 Å². The Bertz CT molecular complexity index is 631. The lowest BCUT2D eigenvalue weighted by atomic mass is 10.0. The molecule has 0 heterocycles. The van der Waals surface area contributed by atoms with Crippen LogP contribution in [-0.2, 0) is 0 Å². The van der Waals surface area contributed by atoms with E-state index in [0.29, 0.717) is 13.0 Å². The number of hydrogen-bond donors (Lipinski definition) is 0. The molecule has 21 heavy (non-hydrogen) atoms. The minimum atomic E-state index is -0.264. The van der Waals surface area contributed by atoms with Crippen LogP contribution >= 0.6 is 0 Å². The van der Waals surface area contributed by atoms with Crippen LogP contribution in [0.15, 0.2) is 42.5 Å². The molecule has 110 valence electrons. The summed E-state index contributed by atoms with van der Waals surface area (Å²) in [4.78, 5) is 14.1. The molecule has 0 bridgehead atoms. The van der Waals surface area contributed by atoms with Gasteiger partial charge in [0.2, 0.25) is 0 Å². The number of rotatable bonds is 5. The van der Waals surface area contributed by atoms with Gasteiger partial charge in [0, 0.05) is 31.3 Å². The highest BCUT2D eigenvalue weighted by atomic mass is 19.1. The zero-order valence-corrected chi connectivity index (χ0v) is 12.7. The first-order valence-corrected chi connectivity index (χ1v) is 7.04. The molecular formula is C18H20FNO. The van der Waals surface area contributed by atoms with E-state index in [4.69, 9.17) is 0 Å². The van der Waals surface area contributed by atoms with Crippen molar-refractivity contribution in [2.45, 2.75) is 20.3 Å². The van der Waals surface area contributed by atoms with Crippen LogP contribution in [0.2, 0.25) is 0 Å². The Labute approximate surface area is 125 Å². The molecule has 0 unspecified atom stereocenters. The van der Waals surface area contributed by atoms with E-state index < -0.39 is 0 Å². The normalized spacial score (nSPS) is 10.5. The lowest BCUT2D eigenvalue weighted by Crippen LogP contribution is -2.21. The molecule has 2 nitrogen and oxygen atoms in total. The molecule has 2 aromatic rings. The Morgan fingerprint density at radius 1 is 1.10 bits per heavy atom. The molecule has 0 spiro atoms. The molecule has 0 saturated heterocycles. The maximum atomic E-state index is 13.2. The maximum Gasteiger partial charge on any atom is 0.164 e. The lowest BCUT2D eigenvalue weighted by molar-refractivity contribution is 0.0984. The van der Waals surface area contributed by atoms with Gasteiger partial charge in [0.25, 0.3) is 0 Å². The van der Waals surface area contributed by atoms with E-state index in [0.717, 1.165) is 22.4 Å². The van der Waals surface area contributed by atoms with Gasteiger partial charge in [0.05, 0.1) is 0 Å². The summed E-state index contributed by atoms with van der Waals surface area (Å²) in [5.41, 5.74) is 3.72. The van der Waals surface area contributed by atoms with Gasteiger partial charge >= 0.3 is 0 Å². The molecule has 0 saturated carbocycles. The molecule has 0 radical (unpaired) electrons. The Morgan fingerprint density at radius 2 is 1.76 bits per heavy atom. The minimum Gasteiger partial charge on any atom is -0.374 e. The fourth-order valence-electron chi connectivity index (χ4n) is 2.39. The maximum absolute atomic E-state index is 13.2. The summed E-state index contributed by atoms with van der Waals surface area (Å²) in [6.07, 6.45) is 0.413. The Morgan fingerprint density at radius 3 is 2.38 bits per heavy atom. The molecule has 0 atom stereocenters. The van der Waals surface area contributed by atoms with Gasteiger partial charge in [-0.25, -0.2) is 4.39 Å². The number of anilines is 1. The predicted molar refractivity (Wildman–Crippen MR) is 84.5 cm³/mol. The molecule has 2 rings (SSSR count). The highest BCUT2D eigenvalue weighted by molar-refractivity contribution is 5.96. The number of ketones is 1. The van der Waals surface area contributed by atoms with Crippen molar-refractivity contribution >= 4 is 11.5 Å². The molecule has 3 heteroatoms. The molecular weight excluding hydrogens is 265 g/mol. The van der Waals surface area contributed by atoms with Gasteiger partial charge in [0.1, 0.15) is 5.82 Å². The summed E-state index contributed by atoms with van der Waals surface area (Å²) in [6.45, 7) is 4.54. The summed E-state index contributed by atoms with van der Waals surface area (Å²) >= 11 is 0. The van der Waals surface area contributed by atoms with Gasteiger partial charge < -0.3 is 4.90 Å². The van der Waals surface area contributed by atoms with Gasteiger partial charge in [-0.3, -0.25) is 4.79 Å². The fourth-order valence-corrected chi connectivity index (χ4v) is 2.39. The molecule has 0 amide bonds. The third-order valence-corrected chi connectivity index (χ3v) is 3.47. The Balaban J connectivity index is 2.00. The third kappa shape index (κ3) is 4.15. The first kappa shape index (κ1) is 15.2. The first-order chi connectivity index (χ1) is 9.95. The monoisotopic (exact) mass is 285 g/mol. The van der Waals surface area contributed by atoms with Crippen molar-refractivity contribution in [2.75, 3.05) is 18.5 Å². The second-order valence-electron chi connectivity index (χ2n) is 5.45. The van der Waals surface area contributed by atoms with Gasteiger partial charge in [-0.1, -0.05) is 23.3 Å². The summed E-state index contributed by atoms with van der Waals surface area (Å²) in [6, 6.07) is 12.3. The smallest absolute Gasteiger partial charge is 0.164 e. The zero-order chi connectivity index (χ0) is 15.4. The summed E-state index contributed by atoms with van der Waals surface area (Å²) in [7, 11) is 1.86. The number of aryl methyl sites for hydroxylation is 2. The molecule has 0 fully saturated rings. The van der Waals surface area contributed by atoms with Crippen molar-refractivity contribution < 1.29 is 9.18 Å². The van der Waals surface area contributed by atoms with Crippen LogP contribution in [0.1, 0.15) is 27.9 Å². The molecule has 2 aromatic carbocycles. The molecule has 0 aliphatic heterocycles. The van der Waals surface area contributed by atoms with Crippen molar-refractivity contribution in [3.63, 3.8) is 0 Å². The Kier molecular flexibility index (Phi) is 4.73.